The highest BCUT2D eigenvalue weighted by Gasteiger charge is 2.63. The predicted octanol–water partition coefficient (Wildman–Crippen LogP) is 0.558. The Morgan fingerprint density at radius 3 is 2.68 bits per heavy atom. The number of ether oxygens (including phenoxy) is 1. The van der Waals surface area contributed by atoms with E-state index in [1.54, 1.807) is 13.8 Å². The number of fused-ring (bicyclic) bond motifs is 1. The van der Waals surface area contributed by atoms with E-state index in [2.05, 4.69) is 5.32 Å². The molecule has 122 valence electrons. The van der Waals surface area contributed by atoms with Crippen LogP contribution in [0.15, 0.2) is 11.8 Å². The van der Waals surface area contributed by atoms with Gasteiger partial charge in [0.1, 0.15) is 17.5 Å². The summed E-state index contributed by atoms with van der Waals surface area (Å²) in [5, 5.41) is 12.1. The molecule has 1 amide bonds. The van der Waals surface area contributed by atoms with Crippen molar-refractivity contribution in [3.8, 4) is 0 Å². The average Bonchev–Trinajstić information content (AvgIpc) is 2.65. The third kappa shape index (κ3) is 2.79. The first kappa shape index (κ1) is 16.7. The normalized spacial score (nSPS) is 29.6. The lowest BCUT2D eigenvalue weighted by Gasteiger charge is -2.44. The number of nitrogens with zero attached hydrogens (tertiary/aromatic N) is 1. The molecule has 2 fully saturated rings. The van der Waals surface area contributed by atoms with E-state index in [4.69, 9.17) is 4.74 Å². The van der Waals surface area contributed by atoms with Crippen LogP contribution in [0.5, 0.6) is 0 Å². The zero-order chi connectivity index (χ0) is 16.7. The fraction of sp³-hybridized carbons (Fsp3) is 0.643. The van der Waals surface area contributed by atoms with Crippen molar-refractivity contribution in [1.29, 1.82) is 0 Å². The van der Waals surface area contributed by atoms with Crippen LogP contribution in [0.4, 0.5) is 0 Å². The summed E-state index contributed by atoms with van der Waals surface area (Å²) >= 11 is 1.46. The lowest BCUT2D eigenvalue weighted by atomic mass is 9.96. The van der Waals surface area contributed by atoms with E-state index < -0.39 is 28.8 Å². The van der Waals surface area contributed by atoms with E-state index in [-0.39, 0.29) is 17.9 Å². The minimum Gasteiger partial charge on any atom is -0.480 e. The summed E-state index contributed by atoms with van der Waals surface area (Å²) in [6, 6.07) is -1.35. The number of hydrogen-bond acceptors (Lipinski definition) is 6. The Morgan fingerprint density at radius 2 is 2.14 bits per heavy atom. The lowest BCUT2D eigenvalue weighted by Crippen LogP contribution is -2.69. The number of rotatable bonds is 5. The minimum absolute atomic E-state index is 0.242. The molecule has 0 spiro atoms. The molecule has 8 heteroatoms. The van der Waals surface area contributed by atoms with Crippen LogP contribution in [0, 0.1) is 0 Å². The summed E-state index contributed by atoms with van der Waals surface area (Å²) in [5.74, 6) is -1.73. The molecule has 0 unspecified atom stereocenters. The summed E-state index contributed by atoms with van der Waals surface area (Å²) < 4.78 is 4.25. The van der Waals surface area contributed by atoms with Gasteiger partial charge in [0.2, 0.25) is 5.91 Å². The maximum atomic E-state index is 12.2. The summed E-state index contributed by atoms with van der Waals surface area (Å²) in [6.07, 6.45) is 1.29. The van der Waals surface area contributed by atoms with E-state index in [1.807, 2.05) is 13.8 Å². The molecule has 0 bridgehead atoms. The molecule has 3 atom stereocenters. The first-order valence-corrected chi connectivity index (χ1v) is 7.91. The van der Waals surface area contributed by atoms with Crippen molar-refractivity contribution in [1.82, 2.24) is 10.2 Å². The van der Waals surface area contributed by atoms with Gasteiger partial charge in [-0.2, -0.15) is 0 Å². The Hall–Kier alpha value is -1.70. The van der Waals surface area contributed by atoms with Crippen molar-refractivity contribution < 1.29 is 24.2 Å². The number of hydrogen-bond donors (Lipinski definition) is 2. The fourth-order valence-electron chi connectivity index (χ4n) is 2.79. The number of carboxylic acids is 1. The van der Waals surface area contributed by atoms with E-state index in [0.717, 1.165) is 0 Å². The number of carboxylic acid groups (broad SMARTS) is 1. The second kappa shape index (κ2) is 5.83. The molecular formula is C14H20N2O5S. The highest BCUT2D eigenvalue weighted by Crippen LogP contribution is 2.50. The predicted molar refractivity (Wildman–Crippen MR) is 81.0 cm³/mol. The topological polar surface area (TPSA) is 95.9 Å². The summed E-state index contributed by atoms with van der Waals surface area (Å²) in [7, 11) is 0. The van der Waals surface area contributed by atoms with Crippen molar-refractivity contribution >= 4 is 29.6 Å². The Morgan fingerprint density at radius 1 is 1.50 bits per heavy atom. The van der Waals surface area contributed by atoms with Gasteiger partial charge in [0.05, 0.1) is 6.61 Å². The smallest absolute Gasteiger partial charge is 0.332 e. The molecule has 0 aliphatic carbocycles. The highest BCUT2D eigenvalue weighted by molar-refractivity contribution is 8.01. The van der Waals surface area contributed by atoms with Gasteiger partial charge < -0.3 is 20.1 Å². The maximum absolute atomic E-state index is 12.2. The quantitative estimate of drug-likeness (QED) is 0.432. The second-order valence-corrected chi connectivity index (χ2v) is 7.57. The fourth-order valence-corrected chi connectivity index (χ4v) is 4.42. The van der Waals surface area contributed by atoms with Gasteiger partial charge in [-0.05, 0) is 27.7 Å². The number of β-lactam (4-membered cyclic amide) rings is 1. The van der Waals surface area contributed by atoms with Crippen LogP contribution in [-0.4, -0.2) is 56.7 Å². The first-order valence-electron chi connectivity index (χ1n) is 7.03. The molecular weight excluding hydrogens is 308 g/mol. The molecule has 0 aromatic rings. The number of allylic oxidation sites excluding steroid dienone is 1. The molecule has 0 aromatic carbocycles. The molecule has 0 aromatic heterocycles. The van der Waals surface area contributed by atoms with Gasteiger partial charge in [0.25, 0.3) is 0 Å². The number of nitrogens with one attached hydrogen (secondary N) is 1. The number of amides is 1. The Labute approximate surface area is 133 Å². The number of carbonyl (C=O) groups excluding carboxylic acids is 2. The van der Waals surface area contributed by atoms with Crippen LogP contribution < -0.4 is 5.32 Å². The van der Waals surface area contributed by atoms with Gasteiger partial charge in [-0.15, -0.1) is 11.8 Å². The minimum atomic E-state index is -0.995. The van der Waals surface area contributed by atoms with Crippen LogP contribution in [0.2, 0.25) is 0 Å². The highest BCUT2D eigenvalue weighted by atomic mass is 32.2. The third-order valence-corrected chi connectivity index (χ3v) is 5.25. The molecule has 7 nitrogen and oxygen atoms in total. The van der Waals surface area contributed by atoms with Crippen molar-refractivity contribution in [3.05, 3.63) is 11.8 Å². The van der Waals surface area contributed by atoms with Gasteiger partial charge in [-0.3, -0.25) is 4.79 Å². The summed E-state index contributed by atoms with van der Waals surface area (Å²) in [6.45, 7) is 7.31. The van der Waals surface area contributed by atoms with Crippen LogP contribution >= 0.6 is 11.8 Å². The van der Waals surface area contributed by atoms with Gasteiger partial charge in [0.15, 0.2) is 0 Å². The maximum Gasteiger partial charge on any atom is 0.332 e. The van der Waals surface area contributed by atoms with Gasteiger partial charge >= 0.3 is 11.9 Å². The van der Waals surface area contributed by atoms with Crippen LogP contribution in [0.25, 0.3) is 0 Å². The van der Waals surface area contributed by atoms with Crippen LogP contribution in [0.3, 0.4) is 0 Å². The molecule has 2 aliphatic rings. The molecule has 0 saturated carbocycles. The van der Waals surface area contributed by atoms with Gasteiger partial charge in [0, 0.05) is 16.5 Å². The van der Waals surface area contributed by atoms with E-state index >= 15 is 0 Å². The van der Waals surface area contributed by atoms with Crippen molar-refractivity contribution in [2.45, 2.75) is 49.9 Å². The number of aliphatic carboxylic acids is 1. The van der Waals surface area contributed by atoms with Gasteiger partial charge in [-0.25, -0.2) is 9.59 Å². The molecule has 2 aliphatic heterocycles. The zero-order valence-corrected chi connectivity index (χ0v) is 13.8. The van der Waals surface area contributed by atoms with E-state index in [0.29, 0.717) is 5.70 Å². The Balaban J connectivity index is 2.07. The monoisotopic (exact) mass is 328 g/mol. The van der Waals surface area contributed by atoms with Crippen molar-refractivity contribution in [2.24, 2.45) is 0 Å². The average molecular weight is 328 g/mol. The van der Waals surface area contributed by atoms with E-state index in [9.17, 15) is 19.5 Å². The Kier molecular flexibility index (Phi) is 4.42. The number of esters is 1. The second-order valence-electron chi connectivity index (χ2n) is 5.80. The largest absolute Gasteiger partial charge is 0.480 e. The molecule has 0 radical (unpaired) electrons. The van der Waals surface area contributed by atoms with Crippen LogP contribution in [-0.2, 0) is 19.1 Å². The van der Waals surface area contributed by atoms with Crippen molar-refractivity contribution in [2.75, 3.05) is 6.61 Å². The standard InChI is InChI=1S/C14H20N2O5S/c1-5-21-8(17)6-7(2)15-9-11(18)16-10(13(19)20)14(3,4)22-12(9)16/h6,9-10,12,15H,5H2,1-4H3,(H,19,20)/t9-,10+,12-/m1/s1. The van der Waals surface area contributed by atoms with E-state index in [1.165, 1.54) is 22.7 Å². The summed E-state index contributed by atoms with van der Waals surface area (Å²) in [4.78, 5) is 36.4. The first-order chi connectivity index (χ1) is 10.2. The number of carbonyl (C=O) groups is 3. The molecule has 2 N–H and O–H groups in total. The third-order valence-electron chi connectivity index (χ3n) is 3.68. The molecule has 2 rings (SSSR count). The molecule has 22 heavy (non-hydrogen) atoms. The zero-order valence-electron chi connectivity index (χ0n) is 13.0. The molecule has 2 heterocycles. The lowest BCUT2D eigenvalue weighted by molar-refractivity contribution is -0.160. The molecule has 2 saturated heterocycles. The Bertz CT molecular complexity index is 545. The van der Waals surface area contributed by atoms with Crippen LogP contribution in [0.1, 0.15) is 27.7 Å². The van der Waals surface area contributed by atoms with Crippen molar-refractivity contribution in [3.63, 3.8) is 0 Å². The summed E-state index contributed by atoms with van der Waals surface area (Å²) in [5.41, 5.74) is 0.522. The SMILES string of the molecule is CCOC(=O)C=C(C)N[C@@H]1C(=O)N2[C@@H]1SC(C)(C)[C@@H]2C(=O)O. The van der Waals surface area contributed by atoms with Gasteiger partial charge in [-0.1, -0.05) is 0 Å². The number of thioether (sulfide) groups is 1.